The number of hydrogen-bond donors (Lipinski definition) is 0. The molecule has 1 aliphatic rings. The van der Waals surface area contributed by atoms with Crippen LogP contribution in [0.1, 0.15) is 32.1 Å². The van der Waals surface area contributed by atoms with Crippen LogP contribution in [-0.4, -0.2) is 20.8 Å². The first-order valence-corrected chi connectivity index (χ1v) is 5.78. The Labute approximate surface area is 80.0 Å². The first-order chi connectivity index (χ1) is 5.08. The van der Waals surface area contributed by atoms with Crippen molar-refractivity contribution in [2.75, 3.05) is 6.26 Å². The highest BCUT2D eigenvalue weighted by Crippen LogP contribution is 2.21. The van der Waals surface area contributed by atoms with Gasteiger partial charge < -0.3 is 0 Å². The Hall–Kier alpha value is 0.200. The maximum absolute atomic E-state index is 10.7. The summed E-state index contributed by atoms with van der Waals surface area (Å²) >= 11 is 0. The van der Waals surface area contributed by atoms with Gasteiger partial charge in [-0.05, 0) is 12.8 Å². The Bertz CT molecular complexity index is 207. The fraction of sp³-hybridized carbons (Fsp3) is 1.00. The van der Waals surface area contributed by atoms with Crippen molar-refractivity contribution in [3.63, 3.8) is 0 Å². The van der Waals surface area contributed by atoms with Crippen molar-refractivity contribution < 1.29 is 12.6 Å². The Balaban J connectivity index is 0.00000121. The molecule has 3 nitrogen and oxygen atoms in total. The summed E-state index contributed by atoms with van der Waals surface area (Å²) in [7, 11) is -3.22. The molecule has 1 aliphatic carbocycles. The lowest BCUT2D eigenvalue weighted by Crippen LogP contribution is -2.20. The number of rotatable bonds is 2. The Kier molecular flexibility index (Phi) is 5.13. The van der Waals surface area contributed by atoms with Crippen molar-refractivity contribution in [1.29, 1.82) is 0 Å². The SMILES string of the molecule is CS(=O)(=O)OC1CCCCC1.Cl. The summed E-state index contributed by atoms with van der Waals surface area (Å²) < 4.78 is 26.2. The lowest BCUT2D eigenvalue weighted by atomic mass is 9.98. The first kappa shape index (κ1) is 12.2. The molecule has 1 rings (SSSR count). The molecule has 0 N–H and O–H groups in total. The molecular weight excluding hydrogens is 200 g/mol. The highest BCUT2D eigenvalue weighted by Gasteiger charge is 2.17. The molecule has 74 valence electrons. The zero-order valence-electron chi connectivity index (χ0n) is 7.15. The summed E-state index contributed by atoms with van der Waals surface area (Å²) in [4.78, 5) is 0. The summed E-state index contributed by atoms with van der Waals surface area (Å²) in [6, 6.07) is 0. The van der Waals surface area contributed by atoms with Crippen LogP contribution in [0, 0.1) is 0 Å². The molecule has 0 aromatic heterocycles. The molecule has 0 heterocycles. The average molecular weight is 215 g/mol. The summed E-state index contributed by atoms with van der Waals surface area (Å²) in [5, 5.41) is 0. The lowest BCUT2D eigenvalue weighted by Gasteiger charge is -2.19. The Morgan fingerprint density at radius 2 is 1.67 bits per heavy atom. The van der Waals surface area contributed by atoms with Crippen LogP contribution in [0.4, 0.5) is 0 Å². The molecule has 0 bridgehead atoms. The first-order valence-electron chi connectivity index (χ1n) is 3.96. The van der Waals surface area contributed by atoms with Crippen molar-refractivity contribution in [2.45, 2.75) is 38.2 Å². The van der Waals surface area contributed by atoms with Crippen molar-refractivity contribution in [1.82, 2.24) is 0 Å². The van der Waals surface area contributed by atoms with E-state index in [1.807, 2.05) is 0 Å². The predicted molar refractivity (Wildman–Crippen MR) is 50.0 cm³/mol. The van der Waals surface area contributed by atoms with E-state index in [0.29, 0.717) is 0 Å². The van der Waals surface area contributed by atoms with Crippen molar-refractivity contribution >= 4 is 22.5 Å². The molecule has 0 saturated heterocycles. The summed E-state index contributed by atoms with van der Waals surface area (Å²) in [6.07, 6.45) is 6.27. The van der Waals surface area contributed by atoms with Gasteiger partial charge in [0, 0.05) is 0 Å². The zero-order chi connectivity index (χ0) is 8.32. The monoisotopic (exact) mass is 214 g/mol. The van der Waals surface area contributed by atoms with E-state index in [2.05, 4.69) is 0 Å². The highest BCUT2D eigenvalue weighted by molar-refractivity contribution is 7.86. The largest absolute Gasteiger partial charge is 0.267 e. The third-order valence-electron chi connectivity index (χ3n) is 1.86. The van der Waals surface area contributed by atoms with Crippen LogP contribution in [0.2, 0.25) is 0 Å². The molecule has 0 aromatic rings. The van der Waals surface area contributed by atoms with E-state index >= 15 is 0 Å². The van der Waals surface area contributed by atoms with E-state index in [1.165, 1.54) is 6.42 Å². The van der Waals surface area contributed by atoms with E-state index in [1.54, 1.807) is 0 Å². The van der Waals surface area contributed by atoms with Crippen LogP contribution in [-0.2, 0) is 14.3 Å². The lowest BCUT2D eigenvalue weighted by molar-refractivity contribution is 0.164. The second kappa shape index (κ2) is 5.04. The molecule has 0 unspecified atom stereocenters. The topological polar surface area (TPSA) is 43.4 Å². The predicted octanol–water partition coefficient (Wildman–Crippen LogP) is 1.72. The van der Waals surface area contributed by atoms with E-state index in [4.69, 9.17) is 4.18 Å². The summed E-state index contributed by atoms with van der Waals surface area (Å²) in [6.45, 7) is 0. The van der Waals surface area contributed by atoms with E-state index in [-0.39, 0.29) is 18.5 Å². The molecule has 0 atom stereocenters. The van der Waals surface area contributed by atoms with Gasteiger partial charge in [0.2, 0.25) is 0 Å². The maximum Gasteiger partial charge on any atom is 0.264 e. The van der Waals surface area contributed by atoms with Crippen LogP contribution in [0.15, 0.2) is 0 Å². The minimum atomic E-state index is -3.22. The van der Waals surface area contributed by atoms with Crippen LogP contribution in [0.3, 0.4) is 0 Å². The standard InChI is InChI=1S/C7H14O3S.ClH/c1-11(8,9)10-7-5-3-2-4-6-7;/h7H,2-6H2,1H3;1H. The van der Waals surface area contributed by atoms with Crippen LogP contribution >= 0.6 is 12.4 Å². The zero-order valence-corrected chi connectivity index (χ0v) is 8.79. The molecule has 0 amide bonds. The Morgan fingerprint density at radius 3 is 2.08 bits per heavy atom. The van der Waals surface area contributed by atoms with E-state index in [9.17, 15) is 8.42 Å². The van der Waals surface area contributed by atoms with Gasteiger partial charge in [-0.15, -0.1) is 12.4 Å². The molecule has 0 radical (unpaired) electrons. The third kappa shape index (κ3) is 4.95. The normalized spacial score (nSPS) is 20.1. The second-order valence-electron chi connectivity index (χ2n) is 3.06. The molecular formula is C7H15ClO3S. The van der Waals surface area contributed by atoms with Gasteiger partial charge in [0.15, 0.2) is 0 Å². The van der Waals surface area contributed by atoms with Gasteiger partial charge in [0.25, 0.3) is 10.1 Å². The van der Waals surface area contributed by atoms with E-state index in [0.717, 1.165) is 31.9 Å². The fourth-order valence-electron chi connectivity index (χ4n) is 1.41. The van der Waals surface area contributed by atoms with Gasteiger partial charge >= 0.3 is 0 Å². The van der Waals surface area contributed by atoms with Gasteiger partial charge in [0.1, 0.15) is 0 Å². The van der Waals surface area contributed by atoms with Crippen LogP contribution in [0.25, 0.3) is 0 Å². The van der Waals surface area contributed by atoms with Crippen LogP contribution in [0.5, 0.6) is 0 Å². The minimum Gasteiger partial charge on any atom is -0.267 e. The highest BCUT2D eigenvalue weighted by atomic mass is 35.5. The van der Waals surface area contributed by atoms with Crippen molar-refractivity contribution in [3.05, 3.63) is 0 Å². The van der Waals surface area contributed by atoms with Crippen molar-refractivity contribution in [3.8, 4) is 0 Å². The minimum absolute atomic E-state index is 0. The van der Waals surface area contributed by atoms with Gasteiger partial charge in [0.05, 0.1) is 12.4 Å². The quantitative estimate of drug-likeness (QED) is 0.658. The maximum atomic E-state index is 10.7. The molecule has 0 aromatic carbocycles. The molecule has 5 heteroatoms. The molecule has 0 spiro atoms. The fourth-order valence-corrected chi connectivity index (χ4v) is 2.10. The number of halogens is 1. The molecule has 0 aliphatic heterocycles. The van der Waals surface area contributed by atoms with Gasteiger partial charge in [-0.3, -0.25) is 4.18 Å². The van der Waals surface area contributed by atoms with Gasteiger partial charge in [-0.1, -0.05) is 19.3 Å². The van der Waals surface area contributed by atoms with Gasteiger partial charge in [-0.2, -0.15) is 8.42 Å². The summed E-state index contributed by atoms with van der Waals surface area (Å²) in [5.74, 6) is 0. The summed E-state index contributed by atoms with van der Waals surface area (Å²) in [5.41, 5.74) is 0. The van der Waals surface area contributed by atoms with Crippen molar-refractivity contribution in [2.24, 2.45) is 0 Å². The van der Waals surface area contributed by atoms with Crippen LogP contribution < -0.4 is 0 Å². The Morgan fingerprint density at radius 1 is 1.17 bits per heavy atom. The average Bonchev–Trinajstić information content (AvgIpc) is 1.85. The number of hydrogen-bond acceptors (Lipinski definition) is 3. The molecule has 1 fully saturated rings. The molecule has 1 saturated carbocycles. The third-order valence-corrected chi connectivity index (χ3v) is 2.48. The van der Waals surface area contributed by atoms with Gasteiger partial charge in [-0.25, -0.2) is 0 Å². The smallest absolute Gasteiger partial charge is 0.264 e. The second-order valence-corrected chi connectivity index (χ2v) is 4.66. The molecule has 12 heavy (non-hydrogen) atoms. The van der Waals surface area contributed by atoms with E-state index < -0.39 is 10.1 Å².